The zero-order chi connectivity index (χ0) is 15.7. The maximum Gasteiger partial charge on any atom is 0.242 e. The minimum atomic E-state index is -3.80. The Kier molecular flexibility index (Phi) is 4.23. The first kappa shape index (κ1) is 15.8. The molecule has 5 N–H and O–H groups in total. The minimum Gasteiger partial charge on any atom is -0.399 e. The number of aromatic amines is 1. The first-order valence-corrected chi connectivity index (χ1v) is 9.16. The van der Waals surface area contributed by atoms with Gasteiger partial charge in [0.25, 0.3) is 0 Å². The summed E-state index contributed by atoms with van der Waals surface area (Å²) in [6, 6.07) is 4.82. The number of nitrogens with one attached hydrogen (secondary N) is 3. The van der Waals surface area contributed by atoms with Crippen molar-refractivity contribution in [3.8, 4) is 0 Å². The normalized spacial score (nSPS) is 12.8. The summed E-state index contributed by atoms with van der Waals surface area (Å²) in [5.74, 6) is -0.335. The van der Waals surface area contributed by atoms with E-state index in [0.717, 1.165) is 0 Å². The van der Waals surface area contributed by atoms with E-state index in [2.05, 4.69) is 14.4 Å². The van der Waals surface area contributed by atoms with Gasteiger partial charge in [-0.15, -0.1) is 0 Å². The lowest BCUT2D eigenvalue weighted by Crippen LogP contribution is -2.32. The number of anilines is 1. The van der Waals surface area contributed by atoms with Crippen molar-refractivity contribution >= 4 is 36.6 Å². The Morgan fingerprint density at radius 3 is 2.62 bits per heavy atom. The van der Waals surface area contributed by atoms with Crippen molar-refractivity contribution in [2.24, 2.45) is 0 Å². The molecule has 0 aliphatic heterocycles. The van der Waals surface area contributed by atoms with Crippen LogP contribution in [0.1, 0.15) is 0 Å². The van der Waals surface area contributed by atoms with Gasteiger partial charge in [0.1, 0.15) is 4.90 Å². The Bertz CT molecular complexity index is 855. The van der Waals surface area contributed by atoms with E-state index in [-0.39, 0.29) is 17.2 Å². The Balaban J connectivity index is 2.22. The summed E-state index contributed by atoms with van der Waals surface area (Å²) in [6.07, 6.45) is 1.35. The maximum absolute atomic E-state index is 12.2. The van der Waals surface area contributed by atoms with Gasteiger partial charge < -0.3 is 10.7 Å². The van der Waals surface area contributed by atoms with E-state index in [1.807, 2.05) is 0 Å². The zero-order valence-electron chi connectivity index (χ0n) is 11.3. The number of aromatic nitrogens is 1. The average molecular weight is 332 g/mol. The molecule has 0 bridgehead atoms. The van der Waals surface area contributed by atoms with Crippen LogP contribution in [0.25, 0.3) is 10.9 Å². The lowest BCUT2D eigenvalue weighted by molar-refractivity contribution is 0.579. The monoisotopic (exact) mass is 332 g/mol. The minimum absolute atomic E-state index is 0.0550. The third-order valence-electron chi connectivity index (χ3n) is 2.93. The van der Waals surface area contributed by atoms with Gasteiger partial charge in [-0.2, -0.15) is 0 Å². The second kappa shape index (κ2) is 5.64. The van der Waals surface area contributed by atoms with E-state index in [0.29, 0.717) is 16.6 Å². The molecule has 1 aromatic carbocycles. The van der Waals surface area contributed by atoms with Gasteiger partial charge in [0, 0.05) is 29.3 Å². The highest BCUT2D eigenvalue weighted by Crippen LogP contribution is 2.24. The molecule has 0 spiro atoms. The molecule has 0 unspecified atom stereocenters. The Hall–Kier alpha value is -1.62. The van der Waals surface area contributed by atoms with E-state index < -0.39 is 20.0 Å². The second-order valence-corrected chi connectivity index (χ2v) is 8.16. The van der Waals surface area contributed by atoms with E-state index in [1.165, 1.54) is 13.2 Å². The van der Waals surface area contributed by atoms with Gasteiger partial charge in [-0.25, -0.2) is 26.3 Å². The zero-order valence-corrected chi connectivity index (χ0v) is 12.9. The summed E-state index contributed by atoms with van der Waals surface area (Å²) >= 11 is 0. The lowest BCUT2D eigenvalue weighted by atomic mass is 10.2. The fourth-order valence-corrected chi connectivity index (χ4v) is 3.74. The predicted molar refractivity (Wildman–Crippen MR) is 80.7 cm³/mol. The maximum atomic E-state index is 12.2. The molecule has 0 aliphatic carbocycles. The SMILES string of the molecule is CNS(=O)(=O)CCNS(=O)(=O)c1c[nH]c2cc(N)ccc12. The highest BCUT2D eigenvalue weighted by atomic mass is 32.2. The van der Waals surface area contributed by atoms with Crippen LogP contribution in [0.2, 0.25) is 0 Å². The quantitative estimate of drug-likeness (QED) is 0.533. The van der Waals surface area contributed by atoms with Gasteiger partial charge in [0.2, 0.25) is 20.0 Å². The van der Waals surface area contributed by atoms with Crippen LogP contribution in [0.15, 0.2) is 29.3 Å². The number of sulfonamides is 2. The van der Waals surface area contributed by atoms with Crippen LogP contribution in [0.5, 0.6) is 0 Å². The largest absolute Gasteiger partial charge is 0.399 e. The van der Waals surface area contributed by atoms with Gasteiger partial charge in [-0.1, -0.05) is 0 Å². The van der Waals surface area contributed by atoms with Crippen LogP contribution < -0.4 is 15.2 Å². The summed E-state index contributed by atoms with van der Waals surface area (Å²) in [7, 11) is -5.99. The summed E-state index contributed by atoms with van der Waals surface area (Å²) in [5, 5.41) is 0.494. The van der Waals surface area contributed by atoms with Crippen LogP contribution in [0, 0.1) is 0 Å². The molecule has 0 radical (unpaired) electrons. The molecule has 0 atom stereocenters. The van der Waals surface area contributed by atoms with Crippen molar-refractivity contribution in [1.82, 2.24) is 14.4 Å². The summed E-state index contributed by atoms with van der Waals surface area (Å²) in [6.45, 7) is -0.215. The van der Waals surface area contributed by atoms with Crippen molar-refractivity contribution in [1.29, 1.82) is 0 Å². The second-order valence-electron chi connectivity index (χ2n) is 4.38. The molecule has 2 aromatic rings. The first-order valence-electron chi connectivity index (χ1n) is 6.03. The molecule has 21 heavy (non-hydrogen) atoms. The number of H-pyrrole nitrogens is 1. The number of nitrogens with two attached hydrogens (primary N) is 1. The van der Waals surface area contributed by atoms with Crippen molar-refractivity contribution in [2.75, 3.05) is 25.1 Å². The molecule has 8 nitrogen and oxygen atoms in total. The van der Waals surface area contributed by atoms with Gasteiger partial charge in [-0.3, -0.25) is 0 Å². The Morgan fingerprint density at radius 1 is 1.24 bits per heavy atom. The molecule has 0 saturated carbocycles. The molecule has 1 aromatic heterocycles. The number of nitrogen functional groups attached to an aromatic ring is 1. The molecule has 0 amide bonds. The number of rotatable bonds is 6. The Labute approximate surface area is 122 Å². The molecule has 0 fully saturated rings. The smallest absolute Gasteiger partial charge is 0.242 e. The van der Waals surface area contributed by atoms with Crippen LogP contribution in [-0.4, -0.2) is 41.2 Å². The van der Waals surface area contributed by atoms with E-state index in [9.17, 15) is 16.8 Å². The number of hydrogen-bond donors (Lipinski definition) is 4. The summed E-state index contributed by atoms with van der Waals surface area (Å²) in [4.78, 5) is 2.88. The molecule has 116 valence electrons. The molecule has 10 heteroatoms. The standard InChI is InChI=1S/C11H16N4O4S2/c1-13-20(16,17)5-4-15-21(18,19)11-7-14-10-6-8(12)2-3-9(10)11/h2-3,6-7,13-15H,4-5,12H2,1H3. The van der Waals surface area contributed by atoms with Crippen molar-refractivity contribution in [3.05, 3.63) is 24.4 Å². The summed E-state index contributed by atoms with van der Waals surface area (Å²) < 4.78 is 51.3. The first-order chi connectivity index (χ1) is 9.75. The fourth-order valence-electron chi connectivity index (χ4n) is 1.83. The average Bonchev–Trinajstić information content (AvgIpc) is 2.81. The van der Waals surface area contributed by atoms with Gasteiger partial charge in [0.05, 0.1) is 5.75 Å². The fraction of sp³-hybridized carbons (Fsp3) is 0.273. The van der Waals surface area contributed by atoms with Crippen molar-refractivity contribution in [2.45, 2.75) is 4.90 Å². The van der Waals surface area contributed by atoms with E-state index in [1.54, 1.807) is 18.2 Å². The summed E-state index contributed by atoms with van der Waals surface area (Å²) in [5.41, 5.74) is 6.74. The van der Waals surface area contributed by atoms with Crippen LogP contribution >= 0.6 is 0 Å². The topological polar surface area (TPSA) is 134 Å². The molecule has 0 saturated heterocycles. The highest BCUT2D eigenvalue weighted by Gasteiger charge is 2.19. The van der Waals surface area contributed by atoms with Gasteiger partial charge in [0.15, 0.2) is 0 Å². The lowest BCUT2D eigenvalue weighted by Gasteiger charge is -2.06. The molecule has 0 aliphatic rings. The van der Waals surface area contributed by atoms with E-state index in [4.69, 9.17) is 5.73 Å². The van der Waals surface area contributed by atoms with Gasteiger partial charge in [-0.05, 0) is 25.2 Å². The number of benzene rings is 1. The highest BCUT2D eigenvalue weighted by molar-refractivity contribution is 7.90. The number of hydrogen-bond acceptors (Lipinski definition) is 5. The third-order valence-corrected chi connectivity index (χ3v) is 5.80. The van der Waals surface area contributed by atoms with Crippen LogP contribution in [-0.2, 0) is 20.0 Å². The Morgan fingerprint density at radius 2 is 1.95 bits per heavy atom. The van der Waals surface area contributed by atoms with Crippen molar-refractivity contribution in [3.63, 3.8) is 0 Å². The predicted octanol–water partition coefficient (Wildman–Crippen LogP) is -0.422. The van der Waals surface area contributed by atoms with Crippen LogP contribution in [0.3, 0.4) is 0 Å². The molecule has 2 rings (SSSR count). The molecular formula is C11H16N4O4S2. The third kappa shape index (κ3) is 3.53. The van der Waals surface area contributed by atoms with E-state index >= 15 is 0 Å². The molecule has 1 heterocycles. The number of fused-ring (bicyclic) bond motifs is 1. The van der Waals surface area contributed by atoms with Crippen LogP contribution in [0.4, 0.5) is 5.69 Å². The van der Waals surface area contributed by atoms with Crippen molar-refractivity contribution < 1.29 is 16.8 Å². The molecular weight excluding hydrogens is 316 g/mol. The van der Waals surface area contributed by atoms with Gasteiger partial charge >= 0.3 is 0 Å².